The molecular weight excluding hydrogens is 418 g/mol. The summed E-state index contributed by atoms with van der Waals surface area (Å²) in [5, 5.41) is 10.0. The monoisotopic (exact) mass is 443 g/mol. The maximum absolute atomic E-state index is 12.9. The molecule has 2 amide bonds. The van der Waals surface area contributed by atoms with Crippen LogP contribution in [0.4, 0.5) is 0 Å². The number of fused-ring (bicyclic) bond motifs is 1. The van der Waals surface area contributed by atoms with Crippen molar-refractivity contribution in [1.82, 2.24) is 14.8 Å². The number of aliphatic hydroxyl groups excluding tert-OH is 1. The van der Waals surface area contributed by atoms with Gasteiger partial charge in [-0.05, 0) is 41.0 Å². The van der Waals surface area contributed by atoms with Gasteiger partial charge in [0.25, 0.3) is 5.91 Å². The van der Waals surface area contributed by atoms with Crippen LogP contribution in [-0.4, -0.2) is 70.6 Å². The SMILES string of the molecule is COc1ccc(-c2ccc([C@@H]3[C@@H](CO)N4C(=O)CN(C(=O)c5cccnc5)C[C@H]34)cc2)cc1. The zero-order chi connectivity index (χ0) is 22.9. The molecule has 3 heterocycles. The van der Waals surface area contributed by atoms with Gasteiger partial charge in [-0.2, -0.15) is 0 Å². The highest BCUT2D eigenvalue weighted by Crippen LogP contribution is 2.43. The van der Waals surface area contributed by atoms with Gasteiger partial charge in [-0.15, -0.1) is 0 Å². The number of rotatable bonds is 5. The average molecular weight is 444 g/mol. The highest BCUT2D eigenvalue weighted by atomic mass is 16.5. The number of hydrogen-bond donors (Lipinski definition) is 1. The van der Waals surface area contributed by atoms with Gasteiger partial charge in [-0.25, -0.2) is 0 Å². The molecule has 0 saturated carbocycles. The number of aromatic nitrogens is 1. The maximum Gasteiger partial charge on any atom is 0.255 e. The van der Waals surface area contributed by atoms with Gasteiger partial charge in [0.1, 0.15) is 12.3 Å². The third kappa shape index (κ3) is 3.74. The second kappa shape index (κ2) is 8.67. The van der Waals surface area contributed by atoms with E-state index in [1.54, 1.807) is 35.2 Å². The lowest BCUT2D eigenvalue weighted by molar-refractivity contribution is -0.159. The Morgan fingerprint density at radius 1 is 1.09 bits per heavy atom. The summed E-state index contributed by atoms with van der Waals surface area (Å²) in [6, 6.07) is 19.1. The third-order valence-electron chi connectivity index (χ3n) is 6.67. The molecule has 0 radical (unpaired) electrons. The van der Waals surface area contributed by atoms with Crippen molar-refractivity contribution in [3.63, 3.8) is 0 Å². The maximum atomic E-state index is 12.9. The minimum Gasteiger partial charge on any atom is -0.497 e. The first-order valence-electron chi connectivity index (χ1n) is 11.0. The smallest absolute Gasteiger partial charge is 0.255 e. The van der Waals surface area contributed by atoms with Crippen molar-refractivity contribution in [2.45, 2.75) is 18.0 Å². The average Bonchev–Trinajstić information content (AvgIpc) is 2.86. The summed E-state index contributed by atoms with van der Waals surface area (Å²) < 4.78 is 5.23. The standard InChI is InChI=1S/C26H25N3O4/c1-33-21-10-8-18(9-11-21)17-4-6-19(7-5-17)25-22-14-28(15-24(31)29(22)23(25)16-30)26(32)20-3-2-12-27-13-20/h2-13,22-23,25,30H,14-16H2,1H3/t22-,23-,25+/m1/s1. The van der Waals surface area contributed by atoms with Gasteiger partial charge in [0, 0.05) is 24.9 Å². The van der Waals surface area contributed by atoms with Crippen LogP contribution in [0.1, 0.15) is 21.8 Å². The Morgan fingerprint density at radius 3 is 2.39 bits per heavy atom. The molecule has 2 fully saturated rings. The van der Waals surface area contributed by atoms with E-state index in [9.17, 15) is 14.7 Å². The number of nitrogens with zero attached hydrogens (tertiary/aromatic N) is 3. The molecule has 5 rings (SSSR count). The number of carbonyl (C=O) groups excluding carboxylic acids is 2. The molecule has 1 N–H and O–H groups in total. The van der Waals surface area contributed by atoms with E-state index >= 15 is 0 Å². The third-order valence-corrected chi connectivity index (χ3v) is 6.67. The Labute approximate surface area is 192 Å². The fraction of sp³-hybridized carbons (Fsp3) is 0.269. The number of methoxy groups -OCH3 is 1. The van der Waals surface area contributed by atoms with Crippen LogP contribution in [-0.2, 0) is 4.79 Å². The number of amides is 2. The highest BCUT2D eigenvalue weighted by molar-refractivity contribution is 5.97. The molecule has 3 atom stereocenters. The summed E-state index contributed by atoms with van der Waals surface area (Å²) in [7, 11) is 1.64. The van der Waals surface area contributed by atoms with E-state index in [2.05, 4.69) is 29.2 Å². The second-order valence-electron chi connectivity index (χ2n) is 8.42. The zero-order valence-corrected chi connectivity index (χ0v) is 18.3. The van der Waals surface area contributed by atoms with Crippen LogP contribution in [0.15, 0.2) is 73.1 Å². The van der Waals surface area contributed by atoms with Crippen molar-refractivity contribution < 1.29 is 19.4 Å². The van der Waals surface area contributed by atoms with E-state index in [0.717, 1.165) is 22.4 Å². The lowest BCUT2D eigenvalue weighted by Gasteiger charge is -2.58. The molecule has 7 heteroatoms. The number of ether oxygens (including phenoxy) is 1. The molecule has 2 aliphatic heterocycles. The van der Waals surface area contributed by atoms with Crippen LogP contribution in [0.2, 0.25) is 0 Å². The van der Waals surface area contributed by atoms with Crippen LogP contribution >= 0.6 is 0 Å². The van der Waals surface area contributed by atoms with Gasteiger partial charge >= 0.3 is 0 Å². The van der Waals surface area contributed by atoms with Crippen molar-refractivity contribution in [3.05, 3.63) is 84.2 Å². The Bertz CT molecular complexity index is 1150. The second-order valence-corrected chi connectivity index (χ2v) is 8.42. The van der Waals surface area contributed by atoms with Gasteiger partial charge in [0.05, 0.1) is 31.4 Å². The molecule has 3 aromatic rings. The molecule has 0 aliphatic carbocycles. The fourth-order valence-electron chi connectivity index (χ4n) is 5.01. The van der Waals surface area contributed by atoms with Crippen LogP contribution in [0.25, 0.3) is 11.1 Å². The van der Waals surface area contributed by atoms with E-state index in [-0.39, 0.29) is 43.0 Å². The van der Waals surface area contributed by atoms with Crippen molar-refractivity contribution in [2.24, 2.45) is 0 Å². The molecule has 0 unspecified atom stereocenters. The van der Waals surface area contributed by atoms with E-state index in [0.29, 0.717) is 12.1 Å². The minimum absolute atomic E-state index is 0.0177. The minimum atomic E-state index is -0.273. The normalized spacial score (nSPS) is 21.9. The van der Waals surface area contributed by atoms with Crippen LogP contribution in [0.5, 0.6) is 5.75 Å². The highest BCUT2D eigenvalue weighted by Gasteiger charge is 2.54. The first-order chi connectivity index (χ1) is 16.1. The number of piperazine rings is 1. The summed E-state index contributed by atoms with van der Waals surface area (Å²) in [6.07, 6.45) is 3.13. The lowest BCUT2D eigenvalue weighted by atomic mass is 9.73. The molecule has 1 aromatic heterocycles. The molecular formula is C26H25N3O4. The molecule has 33 heavy (non-hydrogen) atoms. The Balaban J connectivity index is 1.37. The van der Waals surface area contributed by atoms with Crippen LogP contribution in [0.3, 0.4) is 0 Å². The zero-order valence-electron chi connectivity index (χ0n) is 18.3. The van der Waals surface area contributed by atoms with Gasteiger partial charge in [0.2, 0.25) is 5.91 Å². The van der Waals surface area contributed by atoms with E-state index in [4.69, 9.17) is 4.74 Å². The van der Waals surface area contributed by atoms with E-state index in [1.807, 2.05) is 24.3 Å². The number of benzene rings is 2. The Hall–Kier alpha value is -3.71. The lowest BCUT2D eigenvalue weighted by Crippen LogP contribution is -2.73. The summed E-state index contributed by atoms with van der Waals surface area (Å²) in [6.45, 7) is 0.342. The molecule has 2 aliphatic rings. The molecule has 2 aromatic carbocycles. The van der Waals surface area contributed by atoms with Crippen molar-refractivity contribution >= 4 is 11.8 Å². The van der Waals surface area contributed by atoms with Crippen molar-refractivity contribution in [1.29, 1.82) is 0 Å². The fourth-order valence-corrected chi connectivity index (χ4v) is 5.01. The Morgan fingerprint density at radius 2 is 1.79 bits per heavy atom. The van der Waals surface area contributed by atoms with Gasteiger partial charge in [-0.1, -0.05) is 36.4 Å². The van der Waals surface area contributed by atoms with Gasteiger partial charge < -0.3 is 19.6 Å². The quantitative estimate of drug-likeness (QED) is 0.655. The van der Waals surface area contributed by atoms with Crippen LogP contribution < -0.4 is 4.74 Å². The van der Waals surface area contributed by atoms with E-state index < -0.39 is 0 Å². The predicted molar refractivity (Wildman–Crippen MR) is 123 cm³/mol. The molecule has 7 nitrogen and oxygen atoms in total. The molecule has 0 spiro atoms. The summed E-state index contributed by atoms with van der Waals surface area (Å²) in [5.74, 6) is 0.447. The Kier molecular flexibility index (Phi) is 5.56. The van der Waals surface area contributed by atoms with Crippen molar-refractivity contribution in [3.8, 4) is 16.9 Å². The predicted octanol–water partition coefficient (Wildman–Crippen LogP) is 2.57. The number of pyridine rings is 1. The van der Waals surface area contributed by atoms with Crippen LogP contribution in [0, 0.1) is 0 Å². The number of aliphatic hydroxyl groups is 1. The van der Waals surface area contributed by atoms with Crippen molar-refractivity contribution in [2.75, 3.05) is 26.8 Å². The molecule has 2 saturated heterocycles. The number of carbonyl (C=O) groups is 2. The molecule has 168 valence electrons. The molecule has 0 bridgehead atoms. The first-order valence-corrected chi connectivity index (χ1v) is 11.0. The van der Waals surface area contributed by atoms with Gasteiger partial charge in [0.15, 0.2) is 0 Å². The summed E-state index contributed by atoms with van der Waals surface area (Å²) in [4.78, 5) is 33.1. The number of hydrogen-bond acceptors (Lipinski definition) is 5. The van der Waals surface area contributed by atoms with E-state index in [1.165, 1.54) is 6.20 Å². The topological polar surface area (TPSA) is 83.0 Å². The largest absolute Gasteiger partial charge is 0.497 e. The summed E-state index contributed by atoms with van der Waals surface area (Å²) in [5.41, 5.74) is 3.68. The van der Waals surface area contributed by atoms with Gasteiger partial charge in [-0.3, -0.25) is 14.6 Å². The first kappa shape index (κ1) is 21.2. The summed E-state index contributed by atoms with van der Waals surface area (Å²) >= 11 is 0.